The fourth-order valence-corrected chi connectivity index (χ4v) is 3.48. The summed E-state index contributed by atoms with van der Waals surface area (Å²) < 4.78 is 0. The van der Waals surface area contributed by atoms with Crippen molar-refractivity contribution in [1.82, 2.24) is 5.32 Å². The lowest BCUT2D eigenvalue weighted by molar-refractivity contribution is -0.139. The molecule has 0 unspecified atom stereocenters. The Kier molecular flexibility index (Phi) is 5.63. The Morgan fingerprint density at radius 3 is 2.27 bits per heavy atom. The van der Waals surface area contributed by atoms with Crippen molar-refractivity contribution in [2.24, 2.45) is 11.3 Å². The number of nitrogens with one attached hydrogen (secondary N) is 1. The highest BCUT2D eigenvalue weighted by Gasteiger charge is 2.31. The molecule has 1 aliphatic carbocycles. The minimum atomic E-state index is -0.748. The van der Waals surface area contributed by atoms with Crippen LogP contribution in [0.5, 0.6) is 0 Å². The molecule has 0 radical (unpaired) electrons. The number of carboxylic acids is 1. The van der Waals surface area contributed by atoms with Crippen LogP contribution in [0.1, 0.15) is 52.0 Å². The monoisotopic (exact) mass is 303 g/mol. The third-order valence-corrected chi connectivity index (χ3v) is 4.97. The zero-order valence-electron chi connectivity index (χ0n) is 14.0. The number of benzene rings is 1. The number of carboxylic acid groups (broad SMARTS) is 1. The Bertz CT molecular complexity index is 470. The summed E-state index contributed by atoms with van der Waals surface area (Å²) in [7, 11) is 0. The van der Waals surface area contributed by atoms with Gasteiger partial charge in [0, 0.05) is 6.04 Å². The summed E-state index contributed by atoms with van der Waals surface area (Å²) in [4.78, 5) is 11.5. The van der Waals surface area contributed by atoms with Crippen LogP contribution in [0.2, 0.25) is 0 Å². The van der Waals surface area contributed by atoms with Gasteiger partial charge in [0.2, 0.25) is 0 Å². The van der Waals surface area contributed by atoms with Crippen molar-refractivity contribution < 1.29 is 9.90 Å². The Morgan fingerprint density at radius 1 is 1.18 bits per heavy atom. The zero-order chi connectivity index (χ0) is 16.2. The Hall–Kier alpha value is -1.35. The van der Waals surface area contributed by atoms with E-state index >= 15 is 0 Å². The van der Waals surface area contributed by atoms with Crippen molar-refractivity contribution in [3.63, 3.8) is 0 Å². The molecule has 3 nitrogen and oxygen atoms in total. The van der Waals surface area contributed by atoms with Crippen LogP contribution in [0.3, 0.4) is 0 Å². The molecule has 1 aliphatic rings. The van der Waals surface area contributed by atoms with Gasteiger partial charge in [-0.2, -0.15) is 0 Å². The summed E-state index contributed by atoms with van der Waals surface area (Å²) in [5, 5.41) is 12.9. The molecule has 1 aromatic rings. The van der Waals surface area contributed by atoms with E-state index in [1.54, 1.807) is 0 Å². The molecule has 1 fully saturated rings. The second kappa shape index (κ2) is 7.28. The zero-order valence-corrected chi connectivity index (χ0v) is 14.0. The van der Waals surface area contributed by atoms with E-state index < -0.39 is 12.0 Å². The van der Waals surface area contributed by atoms with Crippen LogP contribution < -0.4 is 5.32 Å². The van der Waals surface area contributed by atoms with E-state index in [1.807, 2.05) is 30.3 Å². The average molecular weight is 303 g/mol. The molecule has 1 aromatic carbocycles. The molecule has 1 saturated carbocycles. The van der Waals surface area contributed by atoms with E-state index in [1.165, 1.54) is 12.8 Å². The SMILES string of the molecule is CC(C)(C)C1CCC(N[C@@H](Cc2ccccc2)C(=O)O)CC1. The van der Waals surface area contributed by atoms with Gasteiger partial charge in [-0.3, -0.25) is 4.79 Å². The van der Waals surface area contributed by atoms with E-state index in [4.69, 9.17) is 0 Å². The fraction of sp³-hybridized carbons (Fsp3) is 0.632. The lowest BCUT2D eigenvalue weighted by Crippen LogP contribution is -2.46. The molecule has 3 heteroatoms. The van der Waals surface area contributed by atoms with E-state index in [0.29, 0.717) is 17.9 Å². The van der Waals surface area contributed by atoms with Gasteiger partial charge in [0.15, 0.2) is 0 Å². The van der Waals surface area contributed by atoms with Gasteiger partial charge in [-0.15, -0.1) is 0 Å². The highest BCUT2D eigenvalue weighted by molar-refractivity contribution is 5.74. The minimum Gasteiger partial charge on any atom is -0.480 e. The van der Waals surface area contributed by atoms with Crippen molar-refractivity contribution in [3.05, 3.63) is 35.9 Å². The van der Waals surface area contributed by atoms with Crippen molar-refractivity contribution in [2.45, 2.75) is 65.0 Å². The Balaban J connectivity index is 1.89. The van der Waals surface area contributed by atoms with Gasteiger partial charge in [0.25, 0.3) is 0 Å². The number of hydrogen-bond donors (Lipinski definition) is 2. The van der Waals surface area contributed by atoms with Crippen LogP contribution in [0.25, 0.3) is 0 Å². The van der Waals surface area contributed by atoms with Crippen molar-refractivity contribution in [2.75, 3.05) is 0 Å². The van der Waals surface area contributed by atoms with Crippen LogP contribution in [0, 0.1) is 11.3 Å². The van der Waals surface area contributed by atoms with Crippen LogP contribution in [0.4, 0.5) is 0 Å². The van der Waals surface area contributed by atoms with Crippen molar-refractivity contribution in [1.29, 1.82) is 0 Å². The topological polar surface area (TPSA) is 49.3 Å². The average Bonchev–Trinajstić information content (AvgIpc) is 2.47. The van der Waals surface area contributed by atoms with Gasteiger partial charge < -0.3 is 10.4 Å². The molecule has 22 heavy (non-hydrogen) atoms. The number of rotatable bonds is 5. The molecule has 0 aromatic heterocycles. The quantitative estimate of drug-likeness (QED) is 0.868. The summed E-state index contributed by atoms with van der Waals surface area (Å²) in [6, 6.07) is 9.72. The molecule has 1 atom stereocenters. The van der Waals surface area contributed by atoms with Crippen LogP contribution in [0.15, 0.2) is 30.3 Å². The highest BCUT2D eigenvalue weighted by atomic mass is 16.4. The van der Waals surface area contributed by atoms with Crippen LogP contribution >= 0.6 is 0 Å². The molecule has 2 rings (SSSR count). The molecule has 0 bridgehead atoms. The maximum atomic E-state index is 11.5. The molecule has 0 spiro atoms. The Morgan fingerprint density at radius 2 is 1.77 bits per heavy atom. The van der Waals surface area contributed by atoms with E-state index in [0.717, 1.165) is 24.3 Å². The van der Waals surface area contributed by atoms with Crippen molar-refractivity contribution in [3.8, 4) is 0 Å². The van der Waals surface area contributed by atoms with Gasteiger partial charge in [-0.05, 0) is 49.0 Å². The fourth-order valence-electron chi connectivity index (χ4n) is 3.48. The first-order chi connectivity index (χ1) is 10.4. The Labute approximate surface area is 134 Å². The molecular weight excluding hydrogens is 274 g/mol. The summed E-state index contributed by atoms with van der Waals surface area (Å²) in [5.74, 6) is 0.00440. The van der Waals surface area contributed by atoms with Gasteiger partial charge >= 0.3 is 5.97 Å². The summed E-state index contributed by atoms with van der Waals surface area (Å²) in [5.41, 5.74) is 1.44. The normalized spacial score (nSPS) is 24.0. The largest absolute Gasteiger partial charge is 0.480 e. The molecular formula is C19H29NO2. The van der Waals surface area contributed by atoms with Gasteiger partial charge in [-0.25, -0.2) is 0 Å². The molecule has 0 aliphatic heterocycles. The van der Waals surface area contributed by atoms with Gasteiger partial charge in [0.1, 0.15) is 6.04 Å². The van der Waals surface area contributed by atoms with Crippen LogP contribution in [-0.4, -0.2) is 23.2 Å². The first kappa shape index (κ1) is 17.0. The summed E-state index contributed by atoms with van der Waals surface area (Å²) in [6.07, 6.45) is 5.11. The maximum Gasteiger partial charge on any atom is 0.321 e. The van der Waals surface area contributed by atoms with E-state index in [-0.39, 0.29) is 0 Å². The predicted molar refractivity (Wildman–Crippen MR) is 89.9 cm³/mol. The van der Waals surface area contributed by atoms with Crippen molar-refractivity contribution >= 4 is 5.97 Å². The molecule has 122 valence electrons. The third kappa shape index (κ3) is 4.84. The first-order valence-corrected chi connectivity index (χ1v) is 8.39. The molecule has 0 heterocycles. The number of carbonyl (C=O) groups is 1. The van der Waals surface area contributed by atoms with E-state index in [2.05, 4.69) is 26.1 Å². The van der Waals surface area contributed by atoms with E-state index in [9.17, 15) is 9.90 Å². The number of aliphatic carboxylic acids is 1. The standard InChI is InChI=1S/C19H29NO2/c1-19(2,3)15-9-11-16(12-10-15)20-17(18(21)22)13-14-7-5-4-6-8-14/h4-8,15-17,20H,9-13H2,1-3H3,(H,21,22)/t15?,16?,17-/m0/s1. The lowest BCUT2D eigenvalue weighted by Gasteiger charge is -2.38. The highest BCUT2D eigenvalue weighted by Crippen LogP contribution is 2.37. The third-order valence-electron chi connectivity index (χ3n) is 4.97. The second-order valence-corrected chi connectivity index (χ2v) is 7.66. The molecule has 0 saturated heterocycles. The minimum absolute atomic E-state index is 0.336. The molecule has 2 N–H and O–H groups in total. The predicted octanol–water partition coefficient (Wildman–Crippen LogP) is 3.88. The lowest BCUT2D eigenvalue weighted by atomic mass is 9.71. The van der Waals surface area contributed by atoms with Gasteiger partial charge in [0.05, 0.1) is 0 Å². The smallest absolute Gasteiger partial charge is 0.321 e. The van der Waals surface area contributed by atoms with Crippen LogP contribution in [-0.2, 0) is 11.2 Å². The first-order valence-electron chi connectivity index (χ1n) is 8.39. The summed E-state index contributed by atoms with van der Waals surface area (Å²) >= 11 is 0. The molecule has 0 amide bonds. The summed E-state index contributed by atoms with van der Waals surface area (Å²) in [6.45, 7) is 6.92. The second-order valence-electron chi connectivity index (χ2n) is 7.66. The maximum absolute atomic E-state index is 11.5. The number of hydrogen-bond acceptors (Lipinski definition) is 2. The van der Waals surface area contributed by atoms with Gasteiger partial charge in [-0.1, -0.05) is 51.1 Å².